The Morgan fingerprint density at radius 3 is 2.48 bits per heavy atom. The highest BCUT2D eigenvalue weighted by atomic mass is 32.2. The van der Waals surface area contributed by atoms with E-state index in [1.807, 2.05) is 0 Å². The average molecular weight is 410 g/mol. The zero-order chi connectivity index (χ0) is 20.6. The molecule has 1 aromatic rings. The van der Waals surface area contributed by atoms with Gasteiger partial charge in [-0.05, 0) is 45.4 Å². The number of carbonyl (C=O) groups excluding carboxylic acids is 1. The second-order valence-corrected chi connectivity index (χ2v) is 8.92. The first-order valence-corrected chi connectivity index (χ1v) is 9.58. The third kappa shape index (κ3) is 5.48. The summed E-state index contributed by atoms with van der Waals surface area (Å²) in [6.45, 7) is 5.39. The fourth-order valence-electron chi connectivity index (χ4n) is 2.55. The molecule has 1 fully saturated rings. The van der Waals surface area contributed by atoms with E-state index in [9.17, 15) is 31.5 Å². The number of amides is 1. The molecule has 0 aromatic heterocycles. The van der Waals surface area contributed by atoms with Crippen molar-refractivity contribution < 1.29 is 36.2 Å². The van der Waals surface area contributed by atoms with Gasteiger partial charge >= 0.3 is 12.3 Å². The normalized spacial score (nSPS) is 18.6. The number of carbonyl (C=O) groups is 1. The molecule has 11 heteroatoms. The Morgan fingerprint density at radius 2 is 1.93 bits per heavy atom. The molecule has 1 aliphatic rings. The molecule has 7 nitrogen and oxygen atoms in total. The topological polar surface area (TPSA) is 95.9 Å². The number of phenols is 1. The lowest BCUT2D eigenvalue weighted by Crippen LogP contribution is -2.40. The Hall–Kier alpha value is -2.01. The number of halogens is 3. The molecule has 0 aliphatic carbocycles. The van der Waals surface area contributed by atoms with Gasteiger partial charge in [0.2, 0.25) is 10.0 Å². The largest absolute Gasteiger partial charge is 0.507 e. The van der Waals surface area contributed by atoms with Gasteiger partial charge in [0.25, 0.3) is 0 Å². The monoisotopic (exact) mass is 410 g/mol. The van der Waals surface area contributed by atoms with Gasteiger partial charge in [0.15, 0.2) is 0 Å². The standard InChI is InChI=1S/C16H21F3N2O5S/c1-15(2,3)26-14(23)21-7-6-10(9-21)20-27(24,25)11-4-5-13(22)12(8-11)16(17,18)19/h4-5,8,10,20,22H,6-7,9H2,1-3H3/t10-/m1/s1. The lowest BCUT2D eigenvalue weighted by atomic mass is 10.2. The molecule has 1 aliphatic heterocycles. The van der Waals surface area contributed by atoms with Gasteiger partial charge in [-0.3, -0.25) is 0 Å². The number of ether oxygens (including phenoxy) is 1. The summed E-state index contributed by atoms with van der Waals surface area (Å²) < 4.78 is 70.9. The lowest BCUT2D eigenvalue weighted by Gasteiger charge is -2.24. The van der Waals surface area contributed by atoms with Gasteiger partial charge in [-0.15, -0.1) is 0 Å². The highest BCUT2D eigenvalue weighted by molar-refractivity contribution is 7.89. The van der Waals surface area contributed by atoms with Crippen LogP contribution in [0, 0.1) is 0 Å². The highest BCUT2D eigenvalue weighted by Gasteiger charge is 2.36. The van der Waals surface area contributed by atoms with Crippen molar-refractivity contribution in [1.29, 1.82) is 0 Å². The van der Waals surface area contributed by atoms with Gasteiger partial charge < -0.3 is 14.7 Å². The number of aromatic hydroxyl groups is 1. The molecule has 152 valence electrons. The zero-order valence-electron chi connectivity index (χ0n) is 15.0. The van der Waals surface area contributed by atoms with Gasteiger partial charge in [0.1, 0.15) is 11.4 Å². The van der Waals surface area contributed by atoms with Crippen LogP contribution in [-0.4, -0.2) is 49.2 Å². The minimum atomic E-state index is -4.89. The number of rotatable bonds is 3. The lowest BCUT2D eigenvalue weighted by molar-refractivity contribution is -0.138. The maximum Gasteiger partial charge on any atom is 0.419 e. The molecule has 1 saturated heterocycles. The Labute approximate surface area is 155 Å². The van der Waals surface area contributed by atoms with Crippen LogP contribution in [0.5, 0.6) is 5.75 Å². The Morgan fingerprint density at radius 1 is 1.30 bits per heavy atom. The maximum atomic E-state index is 12.9. The van der Waals surface area contributed by atoms with Crippen molar-refractivity contribution in [1.82, 2.24) is 9.62 Å². The molecular weight excluding hydrogens is 389 g/mol. The summed E-state index contributed by atoms with van der Waals surface area (Å²) in [6.07, 6.45) is -5.19. The van der Waals surface area contributed by atoms with Crippen LogP contribution < -0.4 is 4.72 Å². The fourth-order valence-corrected chi connectivity index (χ4v) is 3.83. The van der Waals surface area contributed by atoms with Crippen LogP contribution in [0.15, 0.2) is 23.1 Å². The smallest absolute Gasteiger partial charge is 0.419 e. The second-order valence-electron chi connectivity index (χ2n) is 7.21. The first-order chi connectivity index (χ1) is 12.2. The Kier molecular flexibility index (Phi) is 5.67. The van der Waals surface area contributed by atoms with Crippen molar-refractivity contribution in [2.24, 2.45) is 0 Å². The molecule has 1 heterocycles. The fraction of sp³-hybridized carbons (Fsp3) is 0.562. The van der Waals surface area contributed by atoms with Crippen molar-refractivity contribution in [2.75, 3.05) is 13.1 Å². The van der Waals surface area contributed by atoms with E-state index < -0.39 is 50.1 Å². The number of likely N-dealkylation sites (tertiary alicyclic amines) is 1. The molecule has 27 heavy (non-hydrogen) atoms. The first kappa shape index (κ1) is 21.3. The van der Waals surface area contributed by atoms with E-state index in [-0.39, 0.29) is 13.1 Å². The van der Waals surface area contributed by atoms with E-state index in [2.05, 4.69) is 4.72 Å². The molecule has 1 atom stereocenters. The van der Waals surface area contributed by atoms with Crippen LogP contribution in [0.3, 0.4) is 0 Å². The number of sulfonamides is 1. The van der Waals surface area contributed by atoms with E-state index in [0.717, 1.165) is 6.07 Å². The maximum absolute atomic E-state index is 12.9. The minimum Gasteiger partial charge on any atom is -0.507 e. The van der Waals surface area contributed by atoms with Crippen molar-refractivity contribution in [3.05, 3.63) is 23.8 Å². The predicted octanol–water partition coefficient (Wildman–Crippen LogP) is 2.70. The van der Waals surface area contributed by atoms with Crippen LogP contribution in [0.25, 0.3) is 0 Å². The summed E-state index contributed by atoms with van der Waals surface area (Å²) in [6, 6.07) is 1.27. The number of alkyl halides is 3. The van der Waals surface area contributed by atoms with Gasteiger partial charge in [0, 0.05) is 19.1 Å². The first-order valence-electron chi connectivity index (χ1n) is 8.09. The van der Waals surface area contributed by atoms with E-state index in [1.54, 1.807) is 20.8 Å². The molecule has 1 aromatic carbocycles. The molecule has 0 bridgehead atoms. The predicted molar refractivity (Wildman–Crippen MR) is 89.6 cm³/mol. The molecule has 0 saturated carbocycles. The molecular formula is C16H21F3N2O5S. The van der Waals surface area contributed by atoms with Crippen LogP contribution in [0.2, 0.25) is 0 Å². The van der Waals surface area contributed by atoms with E-state index >= 15 is 0 Å². The van der Waals surface area contributed by atoms with Crippen molar-refractivity contribution >= 4 is 16.1 Å². The summed E-state index contributed by atoms with van der Waals surface area (Å²) >= 11 is 0. The van der Waals surface area contributed by atoms with Gasteiger partial charge in [-0.25, -0.2) is 17.9 Å². The summed E-state index contributed by atoms with van der Waals surface area (Å²) in [7, 11) is -4.27. The van der Waals surface area contributed by atoms with Crippen LogP contribution >= 0.6 is 0 Å². The SMILES string of the molecule is CC(C)(C)OC(=O)N1CC[C@@H](NS(=O)(=O)c2ccc(O)c(C(F)(F)F)c2)C1. The Balaban J connectivity index is 2.11. The third-order valence-corrected chi connectivity index (χ3v) is 5.26. The number of phenolic OH excluding ortho intramolecular Hbond substituents is 1. The molecule has 0 radical (unpaired) electrons. The molecule has 1 amide bonds. The zero-order valence-corrected chi connectivity index (χ0v) is 15.8. The number of nitrogens with one attached hydrogen (secondary N) is 1. The summed E-state index contributed by atoms with van der Waals surface area (Å²) in [4.78, 5) is 12.7. The van der Waals surface area contributed by atoms with Crippen LogP contribution in [0.4, 0.5) is 18.0 Å². The summed E-state index contributed by atoms with van der Waals surface area (Å²) in [5, 5.41) is 9.32. The minimum absolute atomic E-state index is 0.0400. The van der Waals surface area contributed by atoms with Crippen molar-refractivity contribution in [2.45, 2.75) is 49.9 Å². The highest BCUT2D eigenvalue weighted by Crippen LogP contribution is 2.36. The molecule has 0 spiro atoms. The number of benzene rings is 1. The summed E-state index contributed by atoms with van der Waals surface area (Å²) in [5.41, 5.74) is -2.14. The number of nitrogens with zero attached hydrogens (tertiary/aromatic N) is 1. The van der Waals surface area contributed by atoms with Gasteiger partial charge in [0.05, 0.1) is 10.5 Å². The van der Waals surface area contributed by atoms with Crippen LogP contribution in [0.1, 0.15) is 32.8 Å². The Bertz CT molecular complexity index is 818. The second kappa shape index (κ2) is 7.19. The average Bonchev–Trinajstić information content (AvgIpc) is 2.92. The molecule has 0 unspecified atom stereocenters. The van der Waals surface area contributed by atoms with E-state index in [4.69, 9.17) is 4.74 Å². The third-order valence-electron chi connectivity index (χ3n) is 3.75. The van der Waals surface area contributed by atoms with Gasteiger partial charge in [-0.2, -0.15) is 13.2 Å². The van der Waals surface area contributed by atoms with Crippen molar-refractivity contribution in [3.8, 4) is 5.75 Å². The number of hydrogen-bond acceptors (Lipinski definition) is 5. The number of hydrogen-bond donors (Lipinski definition) is 2. The van der Waals surface area contributed by atoms with Crippen molar-refractivity contribution in [3.63, 3.8) is 0 Å². The molecule has 2 N–H and O–H groups in total. The molecule has 2 rings (SSSR count). The van der Waals surface area contributed by atoms with E-state index in [1.165, 1.54) is 4.90 Å². The quantitative estimate of drug-likeness (QED) is 0.799. The van der Waals surface area contributed by atoms with Crippen LogP contribution in [-0.2, 0) is 20.9 Å². The van der Waals surface area contributed by atoms with E-state index in [0.29, 0.717) is 18.6 Å². The summed E-state index contributed by atoms with van der Waals surface area (Å²) in [5.74, 6) is -1.06. The van der Waals surface area contributed by atoms with Gasteiger partial charge in [-0.1, -0.05) is 0 Å².